The van der Waals surface area contributed by atoms with Crippen LogP contribution in [0.3, 0.4) is 0 Å². The molecule has 1 aromatic rings. The SMILES string of the molecule is NC(=O)[C@@H]1C[C@@H]2CCCC[C@@H]2N1S(=O)(=O)c1cccc(F)c1F. The number of benzene rings is 1. The number of sulfonamides is 1. The second kappa shape index (κ2) is 5.83. The van der Waals surface area contributed by atoms with E-state index in [1.165, 1.54) is 0 Å². The van der Waals surface area contributed by atoms with E-state index >= 15 is 0 Å². The topological polar surface area (TPSA) is 80.5 Å². The Bertz CT molecular complexity index is 738. The van der Waals surface area contributed by atoms with E-state index in [1.807, 2.05) is 0 Å². The monoisotopic (exact) mass is 344 g/mol. The zero-order valence-electron chi connectivity index (χ0n) is 12.4. The van der Waals surface area contributed by atoms with Gasteiger partial charge in [0.2, 0.25) is 15.9 Å². The van der Waals surface area contributed by atoms with Crippen molar-refractivity contribution in [1.82, 2.24) is 4.31 Å². The predicted octanol–water partition coefficient (Wildman–Crippen LogP) is 1.77. The first-order chi connectivity index (χ1) is 10.8. The maximum Gasteiger partial charge on any atom is 0.247 e. The number of carbonyl (C=O) groups is 1. The molecule has 126 valence electrons. The molecule has 5 nitrogen and oxygen atoms in total. The number of carbonyl (C=O) groups excluding carboxylic acids is 1. The average Bonchev–Trinajstić information content (AvgIpc) is 2.90. The fourth-order valence-electron chi connectivity index (χ4n) is 3.80. The summed E-state index contributed by atoms with van der Waals surface area (Å²) in [7, 11) is -4.34. The van der Waals surface area contributed by atoms with Crippen LogP contribution in [0, 0.1) is 17.6 Å². The van der Waals surface area contributed by atoms with Gasteiger partial charge in [0.15, 0.2) is 11.6 Å². The molecule has 2 N–H and O–H groups in total. The van der Waals surface area contributed by atoms with E-state index in [9.17, 15) is 22.0 Å². The van der Waals surface area contributed by atoms with E-state index in [-0.39, 0.29) is 12.0 Å². The van der Waals surface area contributed by atoms with Crippen LogP contribution in [0.4, 0.5) is 8.78 Å². The number of amides is 1. The lowest BCUT2D eigenvalue weighted by Crippen LogP contribution is -2.48. The van der Waals surface area contributed by atoms with Crippen LogP contribution >= 0.6 is 0 Å². The van der Waals surface area contributed by atoms with Crippen molar-refractivity contribution in [3.05, 3.63) is 29.8 Å². The van der Waals surface area contributed by atoms with Crippen LogP contribution in [0.2, 0.25) is 0 Å². The molecule has 1 saturated heterocycles. The van der Waals surface area contributed by atoms with Gasteiger partial charge in [0, 0.05) is 6.04 Å². The lowest BCUT2D eigenvalue weighted by atomic mass is 9.85. The molecule has 0 spiro atoms. The number of hydrogen-bond acceptors (Lipinski definition) is 3. The van der Waals surface area contributed by atoms with Crippen molar-refractivity contribution in [2.24, 2.45) is 11.7 Å². The number of nitrogens with zero attached hydrogens (tertiary/aromatic N) is 1. The zero-order chi connectivity index (χ0) is 16.8. The van der Waals surface area contributed by atoms with Gasteiger partial charge in [0.25, 0.3) is 0 Å². The summed E-state index contributed by atoms with van der Waals surface area (Å²) < 4.78 is 54.2. The molecular formula is C15H18F2N2O3S. The number of hydrogen-bond donors (Lipinski definition) is 1. The molecule has 2 fully saturated rings. The molecule has 2 aliphatic rings. The van der Waals surface area contributed by atoms with E-state index in [0.29, 0.717) is 12.8 Å². The first-order valence-corrected chi connectivity index (χ1v) is 9.05. The van der Waals surface area contributed by atoms with Crippen LogP contribution in [0.25, 0.3) is 0 Å². The summed E-state index contributed by atoms with van der Waals surface area (Å²) in [6.07, 6.45) is 3.56. The lowest BCUT2D eigenvalue weighted by Gasteiger charge is -2.32. The van der Waals surface area contributed by atoms with Crippen molar-refractivity contribution in [3.8, 4) is 0 Å². The minimum absolute atomic E-state index is 0.0349. The average molecular weight is 344 g/mol. The van der Waals surface area contributed by atoms with Gasteiger partial charge in [-0.3, -0.25) is 4.79 Å². The summed E-state index contributed by atoms with van der Waals surface area (Å²) in [5.74, 6) is -3.37. The summed E-state index contributed by atoms with van der Waals surface area (Å²) in [5, 5.41) is 0. The molecule has 23 heavy (non-hydrogen) atoms. The summed E-state index contributed by atoms with van der Waals surface area (Å²) in [4.78, 5) is 11.0. The van der Waals surface area contributed by atoms with E-state index in [2.05, 4.69) is 0 Å². The Morgan fingerprint density at radius 1 is 1.22 bits per heavy atom. The molecule has 0 aromatic heterocycles. The fraction of sp³-hybridized carbons (Fsp3) is 0.533. The van der Waals surface area contributed by atoms with Crippen LogP contribution in [0.15, 0.2) is 23.1 Å². The number of halogens is 2. The maximum absolute atomic E-state index is 14.0. The first kappa shape index (κ1) is 16.3. The molecule has 0 unspecified atom stereocenters. The van der Waals surface area contributed by atoms with Gasteiger partial charge in [-0.05, 0) is 37.3 Å². The van der Waals surface area contributed by atoms with Gasteiger partial charge in [-0.1, -0.05) is 18.9 Å². The quantitative estimate of drug-likeness (QED) is 0.907. The second-order valence-electron chi connectivity index (χ2n) is 6.15. The normalized spacial score (nSPS) is 28.5. The van der Waals surface area contributed by atoms with Crippen LogP contribution in [0.5, 0.6) is 0 Å². The molecule has 8 heteroatoms. The molecule has 1 heterocycles. The number of primary amides is 1. The molecule has 1 aromatic carbocycles. The van der Waals surface area contributed by atoms with Gasteiger partial charge in [0.05, 0.1) is 0 Å². The van der Waals surface area contributed by atoms with E-state index in [1.54, 1.807) is 0 Å². The van der Waals surface area contributed by atoms with Crippen LogP contribution in [-0.4, -0.2) is 30.7 Å². The van der Waals surface area contributed by atoms with E-state index in [0.717, 1.165) is 41.8 Å². The Labute approximate surface area is 133 Å². The molecule has 1 aliphatic heterocycles. The van der Waals surface area contributed by atoms with Crippen molar-refractivity contribution in [3.63, 3.8) is 0 Å². The Kier molecular flexibility index (Phi) is 4.14. The minimum atomic E-state index is -4.34. The summed E-state index contributed by atoms with van der Waals surface area (Å²) in [5.41, 5.74) is 5.37. The van der Waals surface area contributed by atoms with Gasteiger partial charge >= 0.3 is 0 Å². The predicted molar refractivity (Wildman–Crippen MR) is 78.7 cm³/mol. The van der Waals surface area contributed by atoms with Crippen LogP contribution in [0.1, 0.15) is 32.1 Å². The Hall–Kier alpha value is -1.54. The summed E-state index contributed by atoms with van der Waals surface area (Å²) in [6, 6.07) is 1.62. The zero-order valence-corrected chi connectivity index (χ0v) is 13.2. The first-order valence-electron chi connectivity index (χ1n) is 7.61. The van der Waals surface area contributed by atoms with Crippen molar-refractivity contribution in [1.29, 1.82) is 0 Å². The third-order valence-electron chi connectivity index (χ3n) is 4.83. The van der Waals surface area contributed by atoms with Gasteiger partial charge in [0.1, 0.15) is 10.9 Å². The standard InChI is InChI=1S/C15H18F2N2O3S/c16-10-5-3-7-13(14(10)17)23(21,22)19-11-6-2-1-4-9(11)8-12(19)15(18)20/h3,5,7,9,11-12H,1-2,4,6,8H2,(H2,18,20)/t9-,11-,12-/m0/s1. The molecule has 1 aliphatic carbocycles. The highest BCUT2D eigenvalue weighted by Gasteiger charge is 2.51. The van der Waals surface area contributed by atoms with Crippen LogP contribution in [-0.2, 0) is 14.8 Å². The number of rotatable bonds is 3. The molecule has 0 radical (unpaired) electrons. The van der Waals surface area contributed by atoms with Crippen molar-refractivity contribution < 1.29 is 22.0 Å². The van der Waals surface area contributed by atoms with E-state index in [4.69, 9.17) is 5.73 Å². The smallest absolute Gasteiger partial charge is 0.247 e. The third-order valence-corrected chi connectivity index (χ3v) is 6.78. The lowest BCUT2D eigenvalue weighted by molar-refractivity contribution is -0.121. The highest BCUT2D eigenvalue weighted by molar-refractivity contribution is 7.89. The third kappa shape index (κ3) is 2.63. The maximum atomic E-state index is 14.0. The van der Waals surface area contributed by atoms with Gasteiger partial charge < -0.3 is 5.73 Å². The van der Waals surface area contributed by atoms with Crippen molar-refractivity contribution >= 4 is 15.9 Å². The largest absolute Gasteiger partial charge is 0.368 e. The van der Waals surface area contributed by atoms with Gasteiger partial charge in [-0.15, -0.1) is 0 Å². The Morgan fingerprint density at radius 3 is 2.61 bits per heavy atom. The molecule has 1 amide bonds. The molecular weight excluding hydrogens is 326 g/mol. The van der Waals surface area contributed by atoms with Crippen LogP contribution < -0.4 is 5.73 Å². The van der Waals surface area contributed by atoms with E-state index < -0.39 is 38.5 Å². The highest BCUT2D eigenvalue weighted by Crippen LogP contribution is 2.42. The Morgan fingerprint density at radius 2 is 1.91 bits per heavy atom. The number of nitrogens with two attached hydrogens (primary N) is 1. The van der Waals surface area contributed by atoms with Crippen molar-refractivity contribution in [2.75, 3.05) is 0 Å². The summed E-state index contributed by atoms with van der Waals surface area (Å²) >= 11 is 0. The molecule has 0 bridgehead atoms. The molecule has 3 atom stereocenters. The fourth-order valence-corrected chi connectivity index (χ4v) is 5.76. The summed E-state index contributed by atoms with van der Waals surface area (Å²) in [6.45, 7) is 0. The number of fused-ring (bicyclic) bond motifs is 1. The van der Waals surface area contributed by atoms with Gasteiger partial charge in [-0.2, -0.15) is 4.31 Å². The minimum Gasteiger partial charge on any atom is -0.368 e. The molecule has 3 rings (SSSR count). The van der Waals surface area contributed by atoms with Crippen molar-refractivity contribution in [2.45, 2.75) is 49.1 Å². The molecule has 1 saturated carbocycles. The second-order valence-corrected chi connectivity index (χ2v) is 7.96. The Balaban J connectivity index is 2.08. The highest BCUT2D eigenvalue weighted by atomic mass is 32.2. The van der Waals surface area contributed by atoms with Gasteiger partial charge in [-0.25, -0.2) is 17.2 Å².